The van der Waals surface area contributed by atoms with E-state index in [-0.39, 0.29) is 11.7 Å². The highest BCUT2D eigenvalue weighted by Crippen LogP contribution is 2.35. The predicted molar refractivity (Wildman–Crippen MR) is 151 cm³/mol. The zero-order valence-corrected chi connectivity index (χ0v) is 22.5. The molecule has 6 rings (SSSR count). The average molecular weight is 531 g/mol. The van der Waals surface area contributed by atoms with Gasteiger partial charge in [0.2, 0.25) is 5.91 Å². The van der Waals surface area contributed by atoms with Crippen molar-refractivity contribution in [2.45, 2.75) is 31.8 Å². The molecule has 4 heterocycles. The number of aromatic nitrogens is 2. The molecule has 2 saturated heterocycles. The summed E-state index contributed by atoms with van der Waals surface area (Å²) in [5.41, 5.74) is 2.91. The molecular weight excluding hydrogens is 495 g/mol. The van der Waals surface area contributed by atoms with Crippen LogP contribution in [0.15, 0.2) is 49.1 Å². The smallest absolute Gasteiger partial charge is 0.318 e. The Hall–Kier alpha value is -3.72. The molecule has 2 fully saturated rings. The molecule has 3 aromatic rings. The van der Waals surface area contributed by atoms with Crippen molar-refractivity contribution >= 4 is 28.2 Å². The number of carbonyl (C=O) groups excluding carboxylic acids is 1. The largest absolute Gasteiger partial charge is 0.462 e. The van der Waals surface area contributed by atoms with Crippen molar-refractivity contribution in [1.82, 2.24) is 19.8 Å². The van der Waals surface area contributed by atoms with Crippen LogP contribution in [-0.4, -0.2) is 84.6 Å². The van der Waals surface area contributed by atoms with Gasteiger partial charge >= 0.3 is 6.01 Å². The lowest BCUT2D eigenvalue weighted by atomic mass is 10.0. The van der Waals surface area contributed by atoms with Crippen molar-refractivity contribution in [3.63, 3.8) is 0 Å². The lowest BCUT2D eigenvalue weighted by Gasteiger charge is -2.38. The third-order valence-electron chi connectivity index (χ3n) is 8.34. The fraction of sp³-hybridized carbons (Fsp3) is 0.433. The van der Waals surface area contributed by atoms with Gasteiger partial charge in [-0.1, -0.05) is 30.8 Å². The number of fused-ring (bicyclic) bond motifs is 2. The number of amides is 1. The van der Waals surface area contributed by atoms with Gasteiger partial charge in [0, 0.05) is 55.4 Å². The van der Waals surface area contributed by atoms with Crippen LogP contribution in [-0.2, 0) is 17.8 Å². The number of anilines is 2. The Balaban J connectivity index is 1.31. The second kappa shape index (κ2) is 10.8. The Morgan fingerprint density at radius 3 is 2.62 bits per heavy atom. The number of likely N-dealkylation sites (tertiary alicyclic amines) is 1. The minimum Gasteiger partial charge on any atom is -0.462 e. The molecule has 0 radical (unpaired) electrons. The van der Waals surface area contributed by atoms with E-state index in [1.54, 1.807) is 6.07 Å². The van der Waals surface area contributed by atoms with E-state index in [1.165, 1.54) is 18.6 Å². The second-order valence-corrected chi connectivity index (χ2v) is 10.6. The molecule has 0 unspecified atom stereocenters. The van der Waals surface area contributed by atoms with Crippen molar-refractivity contribution in [3.8, 4) is 6.01 Å². The van der Waals surface area contributed by atoms with Crippen LogP contribution in [0.3, 0.4) is 0 Å². The number of carbonyl (C=O) groups is 1. The zero-order chi connectivity index (χ0) is 26.9. The number of likely N-dealkylation sites (N-methyl/N-ethyl adjacent to an activating group) is 1. The lowest BCUT2D eigenvalue weighted by Crippen LogP contribution is -2.49. The normalized spacial score (nSPS) is 19.8. The third kappa shape index (κ3) is 5.03. The highest BCUT2D eigenvalue weighted by molar-refractivity contribution is 5.95. The molecule has 39 heavy (non-hydrogen) atoms. The molecule has 1 amide bonds. The van der Waals surface area contributed by atoms with Gasteiger partial charge in [0.05, 0.1) is 12.2 Å². The van der Waals surface area contributed by atoms with Crippen molar-refractivity contribution in [1.29, 1.82) is 0 Å². The first-order chi connectivity index (χ1) is 19.0. The second-order valence-electron chi connectivity index (χ2n) is 10.6. The number of piperazine rings is 1. The number of nitrogens with zero attached hydrogens (tertiary/aromatic N) is 6. The summed E-state index contributed by atoms with van der Waals surface area (Å²) in [4.78, 5) is 30.5. The zero-order valence-electron chi connectivity index (χ0n) is 22.5. The van der Waals surface area contributed by atoms with Gasteiger partial charge < -0.3 is 24.3 Å². The maximum Gasteiger partial charge on any atom is 0.318 e. The summed E-state index contributed by atoms with van der Waals surface area (Å²) < 4.78 is 21.2. The van der Waals surface area contributed by atoms with Crippen LogP contribution >= 0.6 is 0 Å². The Kier molecular flexibility index (Phi) is 7.08. The van der Waals surface area contributed by atoms with E-state index in [0.29, 0.717) is 56.8 Å². The molecule has 8 nitrogen and oxygen atoms in total. The molecule has 1 atom stereocenters. The molecule has 0 aliphatic carbocycles. The highest BCUT2D eigenvalue weighted by atomic mass is 19.1. The molecule has 2 aromatic carbocycles. The Morgan fingerprint density at radius 1 is 1.08 bits per heavy atom. The van der Waals surface area contributed by atoms with Crippen LogP contribution in [0.2, 0.25) is 0 Å². The molecule has 0 saturated carbocycles. The topological polar surface area (TPSA) is 65.0 Å². The van der Waals surface area contributed by atoms with E-state index < -0.39 is 0 Å². The van der Waals surface area contributed by atoms with Gasteiger partial charge in [0.25, 0.3) is 0 Å². The van der Waals surface area contributed by atoms with Gasteiger partial charge in [-0.25, -0.2) is 4.39 Å². The van der Waals surface area contributed by atoms with Gasteiger partial charge in [-0.05, 0) is 56.4 Å². The van der Waals surface area contributed by atoms with Crippen LogP contribution < -0.4 is 14.5 Å². The van der Waals surface area contributed by atoms with Crippen LogP contribution in [0.5, 0.6) is 6.01 Å². The van der Waals surface area contributed by atoms with Crippen LogP contribution in [0.4, 0.5) is 15.9 Å². The summed E-state index contributed by atoms with van der Waals surface area (Å²) in [5.74, 6) is 0.639. The molecule has 1 aromatic heterocycles. The first-order valence-corrected chi connectivity index (χ1v) is 13.8. The minimum absolute atomic E-state index is 0.0398. The quantitative estimate of drug-likeness (QED) is 0.451. The van der Waals surface area contributed by atoms with E-state index in [9.17, 15) is 9.18 Å². The number of ether oxygens (including phenoxy) is 1. The summed E-state index contributed by atoms with van der Waals surface area (Å²) in [6.45, 7) is 9.15. The molecule has 204 valence electrons. The van der Waals surface area contributed by atoms with Crippen LogP contribution in [0.1, 0.15) is 24.1 Å². The van der Waals surface area contributed by atoms with Gasteiger partial charge in [0.1, 0.15) is 18.2 Å². The predicted octanol–water partition coefficient (Wildman–Crippen LogP) is 3.64. The minimum atomic E-state index is -0.214. The lowest BCUT2D eigenvalue weighted by molar-refractivity contribution is -0.126. The molecular formula is C30H35FN6O2. The molecule has 3 aliphatic rings. The van der Waals surface area contributed by atoms with E-state index >= 15 is 0 Å². The van der Waals surface area contributed by atoms with E-state index in [1.807, 2.05) is 29.2 Å². The third-order valence-corrected chi connectivity index (χ3v) is 8.34. The molecule has 0 spiro atoms. The summed E-state index contributed by atoms with van der Waals surface area (Å²) >= 11 is 0. The Morgan fingerprint density at radius 2 is 1.87 bits per heavy atom. The summed E-state index contributed by atoms with van der Waals surface area (Å²) in [7, 11) is 2.13. The van der Waals surface area contributed by atoms with Gasteiger partial charge in [-0.2, -0.15) is 9.97 Å². The summed E-state index contributed by atoms with van der Waals surface area (Å²) in [6, 6.07) is 11.9. The van der Waals surface area contributed by atoms with E-state index in [4.69, 9.17) is 14.7 Å². The van der Waals surface area contributed by atoms with E-state index in [0.717, 1.165) is 54.1 Å². The molecule has 0 N–H and O–H groups in total. The van der Waals surface area contributed by atoms with Crippen molar-refractivity contribution in [2.75, 3.05) is 62.7 Å². The van der Waals surface area contributed by atoms with Crippen LogP contribution in [0.25, 0.3) is 10.8 Å². The van der Waals surface area contributed by atoms with Gasteiger partial charge in [0.15, 0.2) is 0 Å². The summed E-state index contributed by atoms with van der Waals surface area (Å²) in [6.07, 6.45) is 4.39. The highest BCUT2D eigenvalue weighted by Gasteiger charge is 2.30. The van der Waals surface area contributed by atoms with Gasteiger partial charge in [-0.3, -0.25) is 4.79 Å². The number of benzene rings is 2. The standard InChI is InChI=1S/C30H35FN6O2/c1-3-27(38)35-15-17-36(18-16-35)29-23-12-14-37(26-11-5-8-21-7-4-10-24(31)28(21)26)19-25(23)32-30(33-29)39-20-22-9-6-13-34(22)2/h3-5,7-8,10-11,22H,1,6,9,12-20H2,2H3/t22-/m0/s1. The monoisotopic (exact) mass is 530 g/mol. The Bertz CT molecular complexity index is 1380. The van der Waals surface area contributed by atoms with Crippen molar-refractivity contribution < 1.29 is 13.9 Å². The number of halogens is 1. The number of hydrogen-bond donors (Lipinski definition) is 0. The van der Waals surface area contributed by atoms with E-state index in [2.05, 4.69) is 28.3 Å². The van der Waals surface area contributed by atoms with Crippen molar-refractivity contribution in [3.05, 3.63) is 66.1 Å². The molecule has 9 heteroatoms. The fourth-order valence-electron chi connectivity index (χ4n) is 6.09. The maximum absolute atomic E-state index is 14.9. The number of hydrogen-bond acceptors (Lipinski definition) is 7. The first kappa shape index (κ1) is 25.6. The SMILES string of the molecule is C=CC(=O)N1CCN(c2nc(OC[C@@H]3CCCN3C)nc3c2CCN(c2cccc4cccc(F)c24)C3)CC1. The Labute approximate surface area is 228 Å². The van der Waals surface area contributed by atoms with Gasteiger partial charge in [-0.15, -0.1) is 0 Å². The summed E-state index contributed by atoms with van der Waals surface area (Å²) in [5, 5.41) is 1.53. The first-order valence-electron chi connectivity index (χ1n) is 13.8. The maximum atomic E-state index is 14.9. The fourth-order valence-corrected chi connectivity index (χ4v) is 6.09. The average Bonchev–Trinajstić information content (AvgIpc) is 3.39. The molecule has 0 bridgehead atoms. The molecule has 3 aliphatic heterocycles. The van der Waals surface area contributed by atoms with Crippen molar-refractivity contribution in [2.24, 2.45) is 0 Å². The van der Waals surface area contributed by atoms with Crippen LogP contribution in [0, 0.1) is 5.82 Å². The number of rotatable bonds is 6.